The number of para-hydroxylation sites is 1. The first kappa shape index (κ1) is 14.6. The Labute approximate surface area is 130 Å². The predicted molar refractivity (Wildman–Crippen MR) is 87.1 cm³/mol. The van der Waals surface area contributed by atoms with Crippen LogP contribution in [0.5, 0.6) is 17.2 Å². The zero-order chi connectivity index (χ0) is 15.5. The molecule has 0 saturated heterocycles. The molecule has 22 heavy (non-hydrogen) atoms. The molecule has 1 aliphatic rings. The first-order valence-electron chi connectivity index (χ1n) is 7.59. The molecule has 4 heteroatoms. The van der Waals surface area contributed by atoms with Crippen LogP contribution >= 0.6 is 0 Å². The van der Waals surface area contributed by atoms with Gasteiger partial charge in [0.25, 0.3) is 0 Å². The summed E-state index contributed by atoms with van der Waals surface area (Å²) in [6, 6.07) is 13.3. The number of phenolic OH excluding ortho intramolecular Hbond substituents is 1. The third-order valence-electron chi connectivity index (χ3n) is 3.85. The van der Waals surface area contributed by atoms with Crippen molar-refractivity contribution in [1.29, 1.82) is 0 Å². The van der Waals surface area contributed by atoms with Crippen molar-refractivity contribution in [3.8, 4) is 17.2 Å². The Morgan fingerprint density at radius 1 is 1.27 bits per heavy atom. The summed E-state index contributed by atoms with van der Waals surface area (Å²) >= 11 is 0. The van der Waals surface area contributed by atoms with Gasteiger partial charge in [0, 0.05) is 19.5 Å². The van der Waals surface area contributed by atoms with Gasteiger partial charge >= 0.3 is 0 Å². The Kier molecular flexibility index (Phi) is 4.09. The molecule has 0 amide bonds. The van der Waals surface area contributed by atoms with E-state index in [9.17, 15) is 5.11 Å². The number of hydrogen-bond donors (Lipinski definition) is 1. The summed E-state index contributed by atoms with van der Waals surface area (Å²) in [7, 11) is 2.04. The highest BCUT2D eigenvalue weighted by Gasteiger charge is 2.24. The highest BCUT2D eigenvalue weighted by atomic mass is 16.5. The largest absolute Gasteiger partial charge is 0.508 e. The van der Waals surface area contributed by atoms with Gasteiger partial charge < -0.3 is 19.5 Å². The van der Waals surface area contributed by atoms with E-state index < -0.39 is 0 Å². The van der Waals surface area contributed by atoms with Gasteiger partial charge in [-0.1, -0.05) is 18.2 Å². The van der Waals surface area contributed by atoms with Crippen LogP contribution in [-0.2, 0) is 6.42 Å². The predicted octanol–water partition coefficient (Wildman–Crippen LogP) is 3.23. The molecule has 4 nitrogen and oxygen atoms in total. The molecule has 1 N–H and O–H groups in total. The average molecular weight is 299 g/mol. The lowest BCUT2D eigenvalue weighted by atomic mass is 10.0. The Morgan fingerprint density at radius 3 is 2.91 bits per heavy atom. The van der Waals surface area contributed by atoms with Crippen LogP contribution < -0.4 is 14.4 Å². The summed E-state index contributed by atoms with van der Waals surface area (Å²) in [4.78, 5) is 2.16. The normalized spacial score (nSPS) is 16.8. The van der Waals surface area contributed by atoms with Gasteiger partial charge in [-0.25, -0.2) is 0 Å². The Hall–Kier alpha value is -2.36. The van der Waals surface area contributed by atoms with Crippen molar-refractivity contribution in [2.75, 3.05) is 25.1 Å². The molecular weight excluding hydrogens is 278 g/mol. The lowest BCUT2D eigenvalue weighted by Crippen LogP contribution is -2.39. The van der Waals surface area contributed by atoms with Crippen molar-refractivity contribution in [2.24, 2.45) is 0 Å². The molecule has 0 fully saturated rings. The van der Waals surface area contributed by atoms with Crippen LogP contribution in [0, 0.1) is 0 Å². The zero-order valence-corrected chi connectivity index (χ0v) is 13.0. The topological polar surface area (TPSA) is 41.9 Å². The summed E-state index contributed by atoms with van der Waals surface area (Å²) in [5.74, 6) is 1.87. The van der Waals surface area contributed by atoms with E-state index in [-0.39, 0.29) is 11.9 Å². The van der Waals surface area contributed by atoms with Gasteiger partial charge in [-0.2, -0.15) is 0 Å². The molecule has 0 bridgehead atoms. The number of hydrogen-bond acceptors (Lipinski definition) is 4. The highest BCUT2D eigenvalue weighted by Crippen LogP contribution is 2.36. The number of nitrogens with zero attached hydrogens (tertiary/aromatic N) is 1. The van der Waals surface area contributed by atoms with Crippen molar-refractivity contribution in [2.45, 2.75) is 19.4 Å². The highest BCUT2D eigenvalue weighted by molar-refractivity contribution is 5.62. The van der Waals surface area contributed by atoms with Crippen molar-refractivity contribution >= 4 is 5.69 Å². The van der Waals surface area contributed by atoms with Crippen LogP contribution in [0.2, 0.25) is 0 Å². The standard InChI is InChI=1S/C18H21NO3/c1-3-21-17-7-5-4-6-13(17)10-15-12-19(2)16-9-8-14(20)11-18(16)22-15/h4-9,11,15,20H,3,10,12H2,1-2H3. The third-order valence-corrected chi connectivity index (χ3v) is 3.85. The number of fused-ring (bicyclic) bond motifs is 1. The number of anilines is 1. The number of ether oxygens (including phenoxy) is 2. The molecular formula is C18H21NO3. The smallest absolute Gasteiger partial charge is 0.146 e. The summed E-state index contributed by atoms with van der Waals surface area (Å²) in [6.07, 6.45) is 0.802. The van der Waals surface area contributed by atoms with Gasteiger partial charge in [-0.3, -0.25) is 0 Å². The van der Waals surface area contributed by atoms with Gasteiger partial charge in [0.15, 0.2) is 0 Å². The van der Waals surface area contributed by atoms with Gasteiger partial charge in [-0.05, 0) is 30.7 Å². The fraction of sp³-hybridized carbons (Fsp3) is 0.333. The number of benzene rings is 2. The second kappa shape index (κ2) is 6.18. The molecule has 2 aromatic carbocycles. The molecule has 116 valence electrons. The van der Waals surface area contributed by atoms with Crippen LogP contribution in [0.25, 0.3) is 0 Å². The summed E-state index contributed by atoms with van der Waals surface area (Å²) in [5.41, 5.74) is 2.15. The number of aromatic hydroxyl groups is 1. The quantitative estimate of drug-likeness (QED) is 0.941. The van der Waals surface area contributed by atoms with Crippen molar-refractivity contribution in [3.63, 3.8) is 0 Å². The molecule has 0 radical (unpaired) electrons. The van der Waals surface area contributed by atoms with Crippen molar-refractivity contribution in [1.82, 2.24) is 0 Å². The summed E-state index contributed by atoms with van der Waals surface area (Å²) < 4.78 is 11.7. The maximum Gasteiger partial charge on any atom is 0.146 e. The Morgan fingerprint density at radius 2 is 2.09 bits per heavy atom. The number of rotatable bonds is 4. The minimum Gasteiger partial charge on any atom is -0.508 e. The van der Waals surface area contributed by atoms with Crippen molar-refractivity contribution in [3.05, 3.63) is 48.0 Å². The van der Waals surface area contributed by atoms with Gasteiger partial charge in [0.2, 0.25) is 0 Å². The van der Waals surface area contributed by atoms with E-state index in [1.54, 1.807) is 12.1 Å². The molecule has 0 spiro atoms. The SMILES string of the molecule is CCOc1ccccc1CC1CN(C)c2ccc(O)cc2O1. The van der Waals surface area contributed by atoms with Gasteiger partial charge in [0.1, 0.15) is 23.4 Å². The molecule has 3 rings (SSSR count). The number of phenols is 1. The minimum atomic E-state index is 0.0286. The summed E-state index contributed by atoms with van der Waals surface area (Å²) in [6.45, 7) is 3.44. The van der Waals surface area contributed by atoms with Crippen LogP contribution in [0.1, 0.15) is 12.5 Å². The maximum absolute atomic E-state index is 9.65. The maximum atomic E-state index is 9.65. The first-order chi connectivity index (χ1) is 10.7. The minimum absolute atomic E-state index is 0.0286. The Bertz CT molecular complexity index is 657. The van der Waals surface area contributed by atoms with E-state index in [2.05, 4.69) is 11.0 Å². The summed E-state index contributed by atoms with van der Waals surface area (Å²) in [5, 5.41) is 9.65. The second-order valence-electron chi connectivity index (χ2n) is 5.52. The average Bonchev–Trinajstić information content (AvgIpc) is 2.49. The lowest BCUT2D eigenvalue weighted by Gasteiger charge is -2.34. The molecule has 1 atom stereocenters. The molecule has 0 saturated carbocycles. The van der Waals surface area contributed by atoms with E-state index in [1.807, 2.05) is 38.2 Å². The lowest BCUT2D eigenvalue weighted by molar-refractivity contribution is 0.193. The molecule has 1 unspecified atom stereocenters. The van der Waals surface area contributed by atoms with Crippen LogP contribution in [0.4, 0.5) is 5.69 Å². The first-order valence-corrected chi connectivity index (χ1v) is 7.59. The fourth-order valence-electron chi connectivity index (χ4n) is 2.85. The third kappa shape index (κ3) is 2.96. The van der Waals surface area contributed by atoms with E-state index in [4.69, 9.17) is 9.47 Å². The molecule has 1 heterocycles. The van der Waals surface area contributed by atoms with Crippen LogP contribution in [-0.4, -0.2) is 31.4 Å². The van der Waals surface area contributed by atoms with Crippen molar-refractivity contribution < 1.29 is 14.6 Å². The number of likely N-dealkylation sites (N-methyl/N-ethyl adjacent to an activating group) is 1. The Balaban J connectivity index is 1.80. The van der Waals surface area contributed by atoms with Gasteiger partial charge in [0.05, 0.1) is 18.8 Å². The molecule has 1 aliphatic heterocycles. The monoisotopic (exact) mass is 299 g/mol. The molecule has 0 aliphatic carbocycles. The molecule has 2 aromatic rings. The van der Waals surface area contributed by atoms with E-state index in [0.29, 0.717) is 6.61 Å². The zero-order valence-electron chi connectivity index (χ0n) is 13.0. The van der Waals surface area contributed by atoms with E-state index in [1.165, 1.54) is 0 Å². The van der Waals surface area contributed by atoms with Crippen LogP contribution in [0.3, 0.4) is 0 Å². The molecule has 0 aromatic heterocycles. The van der Waals surface area contributed by atoms with Gasteiger partial charge in [-0.15, -0.1) is 0 Å². The fourth-order valence-corrected chi connectivity index (χ4v) is 2.85. The second-order valence-corrected chi connectivity index (χ2v) is 5.52. The van der Waals surface area contributed by atoms with E-state index in [0.717, 1.165) is 35.7 Å². The van der Waals surface area contributed by atoms with Crippen LogP contribution in [0.15, 0.2) is 42.5 Å². The van der Waals surface area contributed by atoms with E-state index >= 15 is 0 Å².